The minimum atomic E-state index is -1.05. The highest BCUT2D eigenvalue weighted by Gasteiger charge is 2.74. The van der Waals surface area contributed by atoms with Gasteiger partial charge in [0.2, 0.25) is 0 Å². The first kappa shape index (κ1) is 20.5. The lowest BCUT2D eigenvalue weighted by Gasteiger charge is -2.64. The van der Waals surface area contributed by atoms with Crippen LogP contribution in [0.5, 0.6) is 11.5 Å². The fraction of sp³-hybridized carbons (Fsp3) is 0.481. The zero-order valence-corrected chi connectivity index (χ0v) is 19.2. The average Bonchev–Trinajstić information content (AvgIpc) is 3.31. The van der Waals surface area contributed by atoms with Crippen LogP contribution >= 0.6 is 0 Å². The Morgan fingerprint density at radius 1 is 1.09 bits per heavy atom. The van der Waals surface area contributed by atoms with Crippen molar-refractivity contribution in [3.05, 3.63) is 58.7 Å². The molecule has 5 aliphatic rings. The van der Waals surface area contributed by atoms with Gasteiger partial charge in [-0.2, -0.15) is 0 Å². The minimum absolute atomic E-state index is 0.0559. The largest absolute Gasteiger partial charge is 0.504 e. The van der Waals surface area contributed by atoms with Crippen molar-refractivity contribution in [1.82, 2.24) is 9.80 Å². The van der Waals surface area contributed by atoms with E-state index in [1.807, 2.05) is 6.07 Å². The summed E-state index contributed by atoms with van der Waals surface area (Å²) in [5.41, 5.74) is 1.02. The molecule has 2 aliphatic carbocycles. The molecule has 1 saturated heterocycles. The highest BCUT2D eigenvalue weighted by atomic mass is 16.5. The molecular formula is C27H28N2O5. The first-order valence-electron chi connectivity index (χ1n) is 12.4. The van der Waals surface area contributed by atoms with Gasteiger partial charge in [-0.3, -0.25) is 19.4 Å². The van der Waals surface area contributed by atoms with Crippen LogP contribution in [0, 0.1) is 0 Å². The Kier molecular flexibility index (Phi) is 3.98. The first-order chi connectivity index (χ1) is 16.4. The first-order valence-corrected chi connectivity index (χ1v) is 12.4. The summed E-state index contributed by atoms with van der Waals surface area (Å²) in [4.78, 5) is 30.6. The van der Waals surface area contributed by atoms with Crippen molar-refractivity contribution < 1.29 is 24.5 Å². The molecule has 0 radical (unpaired) electrons. The van der Waals surface area contributed by atoms with Gasteiger partial charge in [0.25, 0.3) is 11.8 Å². The molecule has 7 heteroatoms. The van der Waals surface area contributed by atoms with Crippen molar-refractivity contribution in [2.45, 2.75) is 68.2 Å². The molecule has 2 aromatic rings. The molecule has 2 amide bonds. The van der Waals surface area contributed by atoms with Gasteiger partial charge in [0.1, 0.15) is 6.10 Å². The van der Waals surface area contributed by atoms with E-state index in [1.54, 1.807) is 30.3 Å². The second-order valence-electron chi connectivity index (χ2n) is 10.5. The molecule has 34 heavy (non-hydrogen) atoms. The summed E-state index contributed by atoms with van der Waals surface area (Å²) in [5, 5.41) is 23.2. The number of fused-ring (bicyclic) bond motifs is 1. The Morgan fingerprint density at radius 2 is 1.82 bits per heavy atom. The highest BCUT2D eigenvalue weighted by molar-refractivity contribution is 6.21. The number of aliphatic hydroxyl groups is 1. The number of phenolic OH excluding ortho intramolecular Hbond substituents is 1. The number of benzene rings is 2. The molecule has 2 bridgehead atoms. The highest BCUT2D eigenvalue weighted by Crippen LogP contribution is 2.66. The molecule has 0 aromatic heterocycles. The third-order valence-electron chi connectivity index (χ3n) is 9.21. The van der Waals surface area contributed by atoms with E-state index in [2.05, 4.69) is 11.8 Å². The van der Waals surface area contributed by atoms with Crippen LogP contribution in [0.2, 0.25) is 0 Å². The normalized spacial score (nSPS) is 35.2. The number of rotatable bonds is 3. The Labute approximate surface area is 197 Å². The second kappa shape index (κ2) is 6.61. The Hall–Kier alpha value is -2.90. The van der Waals surface area contributed by atoms with Crippen molar-refractivity contribution >= 4 is 11.8 Å². The molecule has 7 nitrogen and oxygen atoms in total. The zero-order chi connectivity index (χ0) is 23.4. The van der Waals surface area contributed by atoms with Crippen molar-refractivity contribution in [3.63, 3.8) is 0 Å². The van der Waals surface area contributed by atoms with E-state index in [4.69, 9.17) is 4.74 Å². The standard InChI is InChI=1S/C27H28N2O5/c1-2-12-28-13-11-26-21-15-7-8-19(30)22(21)34-23(26)18(9-10-27(26,33)20(28)14-15)29-24(31)16-5-3-4-6-17(16)25(29)32/h3-8,18,20,23,30,33H,2,9-14H2,1H3/t18-,20+,23+,26+,27-/m1/s1. The number of hydrogen-bond donors (Lipinski definition) is 2. The maximum absolute atomic E-state index is 13.4. The number of carbonyl (C=O) groups excluding carboxylic acids is 2. The number of hydrogen-bond acceptors (Lipinski definition) is 6. The van der Waals surface area contributed by atoms with Gasteiger partial charge in [0.15, 0.2) is 11.5 Å². The molecule has 3 aliphatic heterocycles. The molecule has 1 saturated carbocycles. The lowest BCUT2D eigenvalue weighted by molar-refractivity contribution is -0.195. The van der Waals surface area contributed by atoms with Crippen molar-refractivity contribution in [3.8, 4) is 11.5 Å². The quantitative estimate of drug-likeness (QED) is 0.685. The minimum Gasteiger partial charge on any atom is -0.504 e. The molecule has 1 spiro atoms. The maximum atomic E-state index is 13.4. The van der Waals surface area contributed by atoms with Crippen molar-refractivity contribution in [1.29, 1.82) is 0 Å². The predicted octanol–water partition coefficient (Wildman–Crippen LogP) is 2.62. The number of aromatic hydroxyl groups is 1. The summed E-state index contributed by atoms with van der Waals surface area (Å²) in [6, 6.07) is 9.99. The SMILES string of the molecule is CCCN1CC[C@]23c4c5ccc(O)c4O[C@H]2[C@H](N2C(=O)c4ccccc4C2=O)CC[C@@]3(O)[C@@H]1C5. The Bertz CT molecular complexity index is 1220. The summed E-state index contributed by atoms with van der Waals surface area (Å²) >= 11 is 0. The molecule has 2 aromatic carbocycles. The van der Waals surface area contributed by atoms with E-state index in [0.29, 0.717) is 42.6 Å². The summed E-state index contributed by atoms with van der Waals surface area (Å²) < 4.78 is 6.52. The number of imide groups is 1. The van der Waals surface area contributed by atoms with Gasteiger partial charge in [0.05, 0.1) is 28.2 Å². The number of amides is 2. The summed E-state index contributed by atoms with van der Waals surface area (Å²) in [6.45, 7) is 3.88. The number of phenols is 1. The number of likely N-dealkylation sites (tertiary alicyclic amines) is 1. The van der Waals surface area contributed by atoms with Crippen LogP contribution < -0.4 is 4.74 Å². The Morgan fingerprint density at radius 3 is 2.53 bits per heavy atom. The third kappa shape index (κ3) is 2.16. The van der Waals surface area contributed by atoms with Gasteiger partial charge in [-0.15, -0.1) is 0 Å². The molecule has 3 heterocycles. The topological polar surface area (TPSA) is 90.3 Å². The van der Waals surface area contributed by atoms with E-state index in [9.17, 15) is 19.8 Å². The van der Waals surface area contributed by atoms with E-state index in [1.165, 1.54) is 4.90 Å². The molecule has 2 fully saturated rings. The maximum Gasteiger partial charge on any atom is 0.261 e. The Balaban J connectivity index is 1.40. The van der Waals surface area contributed by atoms with Gasteiger partial charge >= 0.3 is 0 Å². The second-order valence-corrected chi connectivity index (χ2v) is 10.5. The monoisotopic (exact) mass is 460 g/mol. The van der Waals surface area contributed by atoms with E-state index in [0.717, 1.165) is 30.6 Å². The summed E-state index contributed by atoms with van der Waals surface area (Å²) in [7, 11) is 0. The van der Waals surface area contributed by atoms with E-state index >= 15 is 0 Å². The summed E-state index contributed by atoms with van der Waals surface area (Å²) in [6.07, 6.45) is 2.72. The summed E-state index contributed by atoms with van der Waals surface area (Å²) in [5.74, 6) is -0.119. The number of ether oxygens (including phenoxy) is 1. The van der Waals surface area contributed by atoms with E-state index < -0.39 is 23.2 Å². The molecule has 7 rings (SSSR count). The fourth-order valence-corrected chi connectivity index (χ4v) is 7.93. The van der Waals surface area contributed by atoms with Crippen LogP contribution in [0.1, 0.15) is 64.4 Å². The van der Waals surface area contributed by atoms with Crippen LogP contribution in [-0.2, 0) is 11.8 Å². The molecular weight excluding hydrogens is 432 g/mol. The smallest absolute Gasteiger partial charge is 0.261 e. The number of nitrogens with zero attached hydrogens (tertiary/aromatic N) is 2. The lowest BCUT2D eigenvalue weighted by Crippen LogP contribution is -2.78. The van der Waals surface area contributed by atoms with Gasteiger partial charge in [-0.05, 0) is 69.0 Å². The van der Waals surface area contributed by atoms with Crippen LogP contribution in [-0.4, -0.2) is 68.7 Å². The third-order valence-corrected chi connectivity index (χ3v) is 9.21. The van der Waals surface area contributed by atoms with Gasteiger partial charge in [-0.1, -0.05) is 25.1 Å². The van der Waals surface area contributed by atoms with Crippen LogP contribution in [0.15, 0.2) is 36.4 Å². The number of carbonyl (C=O) groups is 2. The van der Waals surface area contributed by atoms with Crippen LogP contribution in [0.3, 0.4) is 0 Å². The van der Waals surface area contributed by atoms with E-state index in [-0.39, 0.29) is 23.6 Å². The predicted molar refractivity (Wildman–Crippen MR) is 123 cm³/mol. The molecule has 176 valence electrons. The lowest BCUT2D eigenvalue weighted by atomic mass is 9.48. The van der Waals surface area contributed by atoms with Crippen LogP contribution in [0.25, 0.3) is 0 Å². The molecule has 2 N–H and O–H groups in total. The molecule has 0 unspecified atom stereocenters. The van der Waals surface area contributed by atoms with Gasteiger partial charge < -0.3 is 14.9 Å². The van der Waals surface area contributed by atoms with Gasteiger partial charge in [-0.25, -0.2) is 0 Å². The van der Waals surface area contributed by atoms with Crippen molar-refractivity contribution in [2.75, 3.05) is 13.1 Å². The van der Waals surface area contributed by atoms with Crippen LogP contribution in [0.4, 0.5) is 0 Å². The van der Waals surface area contributed by atoms with Crippen molar-refractivity contribution in [2.24, 2.45) is 0 Å². The van der Waals surface area contributed by atoms with Gasteiger partial charge in [0, 0.05) is 11.6 Å². The fourth-order valence-electron chi connectivity index (χ4n) is 7.93. The zero-order valence-electron chi connectivity index (χ0n) is 19.2. The molecule has 5 atom stereocenters. The average molecular weight is 461 g/mol. The number of piperidine rings is 1.